The quantitative estimate of drug-likeness (QED) is 0.236. The van der Waals surface area contributed by atoms with E-state index < -0.39 is 0 Å². The summed E-state index contributed by atoms with van der Waals surface area (Å²) in [5.74, 6) is 1.23. The molecule has 8 heteroatoms. The Morgan fingerprint density at radius 2 is 2.16 bits per heavy atom. The van der Waals surface area contributed by atoms with E-state index in [1.54, 1.807) is 19.4 Å². The van der Waals surface area contributed by atoms with Gasteiger partial charge >= 0.3 is 0 Å². The van der Waals surface area contributed by atoms with Crippen LogP contribution in [0.2, 0.25) is 0 Å². The van der Waals surface area contributed by atoms with Crippen LogP contribution >= 0.6 is 39.9 Å². The van der Waals surface area contributed by atoms with Crippen LogP contribution in [0, 0.1) is 5.82 Å². The van der Waals surface area contributed by atoms with Crippen LogP contribution in [-0.4, -0.2) is 26.2 Å². The van der Waals surface area contributed by atoms with Gasteiger partial charge in [0.05, 0.1) is 6.26 Å². The van der Waals surface area contributed by atoms with E-state index >= 15 is 0 Å². The van der Waals surface area contributed by atoms with Gasteiger partial charge in [-0.25, -0.2) is 4.39 Å². The molecule has 2 N–H and O–H groups in total. The smallest absolute Gasteiger partial charge is 0.191 e. The van der Waals surface area contributed by atoms with Gasteiger partial charge in [0.25, 0.3) is 0 Å². The fourth-order valence-electron chi connectivity index (χ4n) is 2.03. The van der Waals surface area contributed by atoms with Crippen molar-refractivity contribution in [2.24, 2.45) is 4.99 Å². The first-order valence-electron chi connectivity index (χ1n) is 7.67. The standard InChI is InChI=1S/C17H21BrFN3O2.HI/c1-20-17(22-11-13-10-14(19)5-6-16(13)18)21-7-3-8-23-12-15-4-2-9-24-15;/h2,4-6,9-10H,3,7-8,11-12H2,1H3,(H2,20,21,22);1H. The Morgan fingerprint density at radius 1 is 1.32 bits per heavy atom. The Morgan fingerprint density at radius 3 is 2.88 bits per heavy atom. The third-order valence-electron chi connectivity index (χ3n) is 3.26. The lowest BCUT2D eigenvalue weighted by Gasteiger charge is -2.13. The second-order valence-electron chi connectivity index (χ2n) is 5.07. The molecule has 2 aromatic rings. The summed E-state index contributed by atoms with van der Waals surface area (Å²) < 4.78 is 24.8. The topological polar surface area (TPSA) is 58.8 Å². The number of benzene rings is 1. The molecule has 0 atom stereocenters. The molecular formula is C17H22BrFIN3O2. The summed E-state index contributed by atoms with van der Waals surface area (Å²) in [6.45, 7) is 2.31. The van der Waals surface area contributed by atoms with E-state index in [0.717, 1.165) is 28.8 Å². The summed E-state index contributed by atoms with van der Waals surface area (Å²) in [6, 6.07) is 8.33. The Hall–Kier alpha value is -1.13. The van der Waals surface area contributed by atoms with Gasteiger partial charge in [-0.1, -0.05) is 15.9 Å². The van der Waals surface area contributed by atoms with Crippen LogP contribution in [0.4, 0.5) is 4.39 Å². The van der Waals surface area contributed by atoms with Crippen LogP contribution in [-0.2, 0) is 17.9 Å². The molecule has 1 heterocycles. The Kier molecular flexibility index (Phi) is 10.7. The fourth-order valence-corrected chi connectivity index (χ4v) is 2.41. The molecule has 0 bridgehead atoms. The molecule has 0 aliphatic heterocycles. The largest absolute Gasteiger partial charge is 0.467 e. The maximum atomic E-state index is 13.3. The molecule has 5 nitrogen and oxygen atoms in total. The van der Waals surface area contributed by atoms with Gasteiger partial charge in [0.2, 0.25) is 0 Å². The summed E-state index contributed by atoms with van der Waals surface area (Å²) in [5.41, 5.74) is 0.833. The van der Waals surface area contributed by atoms with E-state index in [1.807, 2.05) is 12.1 Å². The van der Waals surface area contributed by atoms with Crippen molar-refractivity contribution in [3.05, 3.63) is 58.2 Å². The molecule has 0 radical (unpaired) electrons. The first-order chi connectivity index (χ1) is 11.7. The number of furan rings is 1. The molecule has 2 rings (SSSR count). The van der Waals surface area contributed by atoms with Crippen molar-refractivity contribution in [3.63, 3.8) is 0 Å². The average Bonchev–Trinajstić information content (AvgIpc) is 3.09. The van der Waals surface area contributed by atoms with E-state index in [2.05, 4.69) is 31.6 Å². The number of halogens is 3. The summed E-state index contributed by atoms with van der Waals surface area (Å²) in [6.07, 6.45) is 2.47. The van der Waals surface area contributed by atoms with Crippen LogP contribution < -0.4 is 10.6 Å². The van der Waals surface area contributed by atoms with Crippen molar-refractivity contribution in [1.82, 2.24) is 10.6 Å². The van der Waals surface area contributed by atoms with Gasteiger partial charge < -0.3 is 19.8 Å². The zero-order chi connectivity index (χ0) is 17.2. The second kappa shape index (κ2) is 12.3. The Labute approximate surface area is 172 Å². The highest BCUT2D eigenvalue weighted by Crippen LogP contribution is 2.17. The maximum absolute atomic E-state index is 13.3. The molecule has 0 fully saturated rings. The van der Waals surface area contributed by atoms with Gasteiger partial charge in [0.15, 0.2) is 5.96 Å². The molecule has 138 valence electrons. The van der Waals surface area contributed by atoms with Crippen molar-refractivity contribution in [3.8, 4) is 0 Å². The van der Waals surface area contributed by atoms with Crippen molar-refractivity contribution in [1.29, 1.82) is 0 Å². The summed E-state index contributed by atoms with van der Waals surface area (Å²) in [7, 11) is 1.70. The highest BCUT2D eigenvalue weighted by molar-refractivity contribution is 14.0. The molecule has 0 aliphatic carbocycles. The molecule has 0 saturated carbocycles. The van der Waals surface area contributed by atoms with Crippen molar-refractivity contribution in [2.75, 3.05) is 20.2 Å². The minimum Gasteiger partial charge on any atom is -0.467 e. The van der Waals surface area contributed by atoms with Gasteiger partial charge in [-0.2, -0.15) is 0 Å². The number of nitrogens with one attached hydrogen (secondary N) is 2. The van der Waals surface area contributed by atoms with Crippen LogP contribution in [0.25, 0.3) is 0 Å². The monoisotopic (exact) mass is 525 g/mol. The van der Waals surface area contributed by atoms with Gasteiger partial charge in [-0.3, -0.25) is 4.99 Å². The van der Waals surface area contributed by atoms with Crippen LogP contribution in [0.1, 0.15) is 17.7 Å². The number of hydrogen-bond donors (Lipinski definition) is 2. The lowest BCUT2D eigenvalue weighted by Crippen LogP contribution is -2.37. The lowest BCUT2D eigenvalue weighted by atomic mass is 10.2. The predicted molar refractivity (Wildman–Crippen MR) is 111 cm³/mol. The Bertz CT molecular complexity index is 653. The number of guanidine groups is 1. The molecule has 0 saturated heterocycles. The first-order valence-corrected chi connectivity index (χ1v) is 8.47. The van der Waals surface area contributed by atoms with Gasteiger partial charge in [-0.05, 0) is 42.3 Å². The van der Waals surface area contributed by atoms with E-state index in [1.165, 1.54) is 12.1 Å². The third-order valence-corrected chi connectivity index (χ3v) is 4.03. The van der Waals surface area contributed by atoms with Crippen LogP contribution in [0.15, 0.2) is 50.5 Å². The van der Waals surface area contributed by atoms with Gasteiger partial charge in [0, 0.05) is 31.2 Å². The predicted octanol–water partition coefficient (Wildman–Crippen LogP) is 4.07. The van der Waals surface area contributed by atoms with E-state index in [-0.39, 0.29) is 29.8 Å². The lowest BCUT2D eigenvalue weighted by molar-refractivity contribution is 0.105. The highest BCUT2D eigenvalue weighted by Gasteiger charge is 2.03. The number of hydrogen-bond acceptors (Lipinski definition) is 3. The molecule has 0 amide bonds. The average molecular weight is 526 g/mol. The Balaban J connectivity index is 0.00000312. The van der Waals surface area contributed by atoms with Crippen molar-refractivity contribution >= 4 is 45.9 Å². The number of rotatable bonds is 8. The van der Waals surface area contributed by atoms with E-state index in [9.17, 15) is 4.39 Å². The van der Waals surface area contributed by atoms with Gasteiger partial charge in [0.1, 0.15) is 18.2 Å². The zero-order valence-corrected chi connectivity index (χ0v) is 17.8. The SMILES string of the molecule is CN=C(NCCCOCc1ccco1)NCc1cc(F)ccc1Br.I. The normalized spacial score (nSPS) is 11.1. The molecule has 0 spiro atoms. The van der Waals surface area contributed by atoms with E-state index in [4.69, 9.17) is 9.15 Å². The molecular weight excluding hydrogens is 504 g/mol. The van der Waals surface area contributed by atoms with Crippen LogP contribution in [0.3, 0.4) is 0 Å². The number of aliphatic imine (C=N–C) groups is 1. The van der Waals surface area contributed by atoms with Gasteiger partial charge in [-0.15, -0.1) is 24.0 Å². The van der Waals surface area contributed by atoms with Crippen molar-refractivity contribution < 1.29 is 13.5 Å². The van der Waals surface area contributed by atoms with Crippen LogP contribution in [0.5, 0.6) is 0 Å². The maximum Gasteiger partial charge on any atom is 0.191 e. The summed E-state index contributed by atoms with van der Waals surface area (Å²) in [5, 5.41) is 6.35. The number of ether oxygens (including phenoxy) is 1. The minimum absolute atomic E-state index is 0. The third kappa shape index (κ3) is 8.19. The molecule has 0 aliphatic rings. The minimum atomic E-state index is -0.258. The molecule has 1 aromatic heterocycles. The highest BCUT2D eigenvalue weighted by atomic mass is 127. The fraction of sp³-hybridized carbons (Fsp3) is 0.353. The molecule has 1 aromatic carbocycles. The molecule has 25 heavy (non-hydrogen) atoms. The zero-order valence-electron chi connectivity index (χ0n) is 13.9. The summed E-state index contributed by atoms with van der Waals surface area (Å²) in [4.78, 5) is 4.14. The second-order valence-corrected chi connectivity index (χ2v) is 5.93. The van der Waals surface area contributed by atoms with Crippen molar-refractivity contribution in [2.45, 2.75) is 19.6 Å². The van der Waals surface area contributed by atoms with E-state index in [0.29, 0.717) is 25.7 Å². The first kappa shape index (κ1) is 21.9. The molecule has 0 unspecified atom stereocenters. The number of nitrogens with zero attached hydrogens (tertiary/aromatic N) is 1. The summed E-state index contributed by atoms with van der Waals surface area (Å²) >= 11 is 3.41.